The average molecular weight is 459 g/mol. The van der Waals surface area contributed by atoms with Gasteiger partial charge in [0.2, 0.25) is 15.9 Å². The van der Waals surface area contributed by atoms with Crippen LogP contribution in [0.1, 0.15) is 51.4 Å². The Morgan fingerprint density at radius 2 is 1.52 bits per heavy atom. The molecule has 2 saturated heterocycles. The number of fused-ring (bicyclic) bond motifs is 1. The van der Waals surface area contributed by atoms with Crippen LogP contribution >= 0.6 is 23.2 Å². The van der Waals surface area contributed by atoms with Gasteiger partial charge in [-0.3, -0.25) is 4.79 Å². The number of amides is 1. The van der Waals surface area contributed by atoms with Crippen molar-refractivity contribution >= 4 is 39.1 Å². The molecule has 2 atom stereocenters. The molecule has 0 radical (unpaired) electrons. The Labute approximate surface area is 183 Å². The maximum Gasteiger partial charge on any atom is 0.246 e. The van der Waals surface area contributed by atoms with Gasteiger partial charge in [-0.2, -0.15) is 4.31 Å². The summed E-state index contributed by atoms with van der Waals surface area (Å²) in [5.41, 5.74) is 0. The molecule has 1 aromatic carbocycles. The van der Waals surface area contributed by atoms with Crippen LogP contribution in [0.4, 0.5) is 0 Å². The summed E-state index contributed by atoms with van der Waals surface area (Å²) < 4.78 is 27.5. The van der Waals surface area contributed by atoms with E-state index in [1.165, 1.54) is 42.1 Å². The van der Waals surface area contributed by atoms with Crippen LogP contribution in [0.3, 0.4) is 0 Å². The Balaban J connectivity index is 1.43. The van der Waals surface area contributed by atoms with Crippen LogP contribution < -0.4 is 0 Å². The molecule has 0 spiro atoms. The van der Waals surface area contributed by atoms with Gasteiger partial charge in [0.15, 0.2) is 0 Å². The van der Waals surface area contributed by atoms with Gasteiger partial charge in [-0.25, -0.2) is 8.42 Å². The van der Waals surface area contributed by atoms with Crippen molar-refractivity contribution in [3.05, 3.63) is 28.2 Å². The van der Waals surface area contributed by atoms with Gasteiger partial charge in [0.25, 0.3) is 0 Å². The SMILES string of the molecule is O=C(C1CCN(S(=O)(=O)c2c(Cl)cccc2Cl)CC1)N1CCCC2CCCCC21. The van der Waals surface area contributed by atoms with Crippen molar-refractivity contribution in [3.8, 4) is 0 Å². The van der Waals surface area contributed by atoms with E-state index in [1.54, 1.807) is 6.07 Å². The van der Waals surface area contributed by atoms with Crippen LogP contribution in [0.5, 0.6) is 0 Å². The summed E-state index contributed by atoms with van der Waals surface area (Å²) in [6, 6.07) is 5.10. The van der Waals surface area contributed by atoms with Crippen LogP contribution in [0, 0.1) is 11.8 Å². The second-order valence-corrected chi connectivity index (χ2v) is 11.2. The van der Waals surface area contributed by atoms with E-state index in [0.29, 0.717) is 37.9 Å². The Kier molecular flexibility index (Phi) is 6.45. The van der Waals surface area contributed by atoms with Crippen molar-refractivity contribution in [3.63, 3.8) is 0 Å². The minimum atomic E-state index is -3.77. The van der Waals surface area contributed by atoms with E-state index in [1.807, 2.05) is 0 Å². The lowest BCUT2D eigenvalue weighted by Gasteiger charge is -2.46. The zero-order chi connectivity index (χ0) is 20.6. The summed E-state index contributed by atoms with van der Waals surface area (Å²) in [6.07, 6.45) is 8.28. The lowest BCUT2D eigenvalue weighted by atomic mass is 9.77. The molecular weight excluding hydrogens is 431 g/mol. The van der Waals surface area contributed by atoms with E-state index in [4.69, 9.17) is 23.2 Å². The zero-order valence-electron chi connectivity index (χ0n) is 16.5. The third kappa shape index (κ3) is 4.18. The van der Waals surface area contributed by atoms with E-state index < -0.39 is 10.0 Å². The van der Waals surface area contributed by atoms with E-state index in [0.717, 1.165) is 19.4 Å². The molecule has 3 fully saturated rings. The molecule has 29 heavy (non-hydrogen) atoms. The van der Waals surface area contributed by atoms with Gasteiger partial charge in [0.05, 0.1) is 10.0 Å². The number of hydrogen-bond donors (Lipinski definition) is 0. The van der Waals surface area contributed by atoms with Gasteiger partial charge in [-0.05, 0) is 56.6 Å². The molecule has 2 aliphatic heterocycles. The number of hydrogen-bond acceptors (Lipinski definition) is 3. The quantitative estimate of drug-likeness (QED) is 0.665. The first-order chi connectivity index (χ1) is 13.9. The standard InChI is InChI=1S/C21H28Cl2N2O3S/c22-17-7-3-8-18(23)20(17)29(27,28)24-13-10-16(11-14-24)21(26)25-12-4-6-15-5-1-2-9-19(15)25/h3,7-8,15-16,19H,1-2,4-6,9-14H2. The lowest BCUT2D eigenvalue weighted by Crippen LogP contribution is -2.53. The highest BCUT2D eigenvalue weighted by Gasteiger charge is 2.40. The number of benzene rings is 1. The van der Waals surface area contributed by atoms with Crippen molar-refractivity contribution in [1.82, 2.24) is 9.21 Å². The fourth-order valence-electron chi connectivity index (χ4n) is 5.33. The summed E-state index contributed by atoms with van der Waals surface area (Å²) in [4.78, 5) is 15.4. The molecule has 0 aromatic heterocycles. The number of rotatable bonds is 3. The zero-order valence-corrected chi connectivity index (χ0v) is 18.9. The number of halogens is 2. The summed E-state index contributed by atoms with van der Waals surface area (Å²) >= 11 is 12.3. The molecular formula is C21H28Cl2N2O3S. The second-order valence-electron chi connectivity index (χ2n) is 8.51. The average Bonchev–Trinajstić information content (AvgIpc) is 2.72. The van der Waals surface area contributed by atoms with Gasteiger partial charge in [0.1, 0.15) is 4.90 Å². The highest BCUT2D eigenvalue weighted by atomic mass is 35.5. The number of sulfonamides is 1. The molecule has 8 heteroatoms. The Morgan fingerprint density at radius 1 is 0.897 bits per heavy atom. The highest BCUT2D eigenvalue weighted by Crippen LogP contribution is 2.38. The van der Waals surface area contributed by atoms with Gasteiger partial charge in [-0.1, -0.05) is 42.1 Å². The van der Waals surface area contributed by atoms with Crippen molar-refractivity contribution < 1.29 is 13.2 Å². The molecule has 160 valence electrons. The minimum Gasteiger partial charge on any atom is -0.339 e. The number of piperidine rings is 2. The Morgan fingerprint density at radius 3 is 2.21 bits per heavy atom. The lowest BCUT2D eigenvalue weighted by molar-refractivity contribution is -0.143. The second kappa shape index (κ2) is 8.74. The van der Waals surface area contributed by atoms with E-state index in [2.05, 4.69) is 4.90 Å². The maximum absolute atomic E-state index is 13.3. The third-order valence-electron chi connectivity index (χ3n) is 6.85. The Hall–Kier alpha value is -0.820. The fraction of sp³-hybridized carbons (Fsp3) is 0.667. The smallest absolute Gasteiger partial charge is 0.246 e. The predicted molar refractivity (Wildman–Crippen MR) is 115 cm³/mol. The molecule has 2 heterocycles. The van der Waals surface area contributed by atoms with Gasteiger partial charge in [0, 0.05) is 31.6 Å². The van der Waals surface area contributed by atoms with Gasteiger partial charge < -0.3 is 4.90 Å². The number of carbonyl (C=O) groups is 1. The van der Waals surface area contributed by atoms with Crippen LogP contribution in [0.2, 0.25) is 10.0 Å². The molecule has 3 aliphatic rings. The Bertz CT molecular complexity index is 846. The summed E-state index contributed by atoms with van der Waals surface area (Å²) in [5.74, 6) is 0.794. The number of carbonyl (C=O) groups excluding carboxylic acids is 1. The normalized spacial score (nSPS) is 26.9. The van der Waals surface area contributed by atoms with Crippen LogP contribution in [0.15, 0.2) is 23.1 Å². The molecule has 0 bridgehead atoms. The van der Waals surface area contributed by atoms with Crippen molar-refractivity contribution in [2.75, 3.05) is 19.6 Å². The molecule has 0 N–H and O–H groups in total. The summed E-state index contributed by atoms with van der Waals surface area (Å²) in [7, 11) is -3.77. The predicted octanol–water partition coefficient (Wildman–Crippen LogP) is 4.58. The van der Waals surface area contributed by atoms with Crippen molar-refractivity contribution in [1.29, 1.82) is 0 Å². The molecule has 4 rings (SSSR count). The summed E-state index contributed by atoms with van der Waals surface area (Å²) in [6.45, 7) is 1.50. The maximum atomic E-state index is 13.3. The van der Waals surface area contributed by atoms with E-state index in [9.17, 15) is 13.2 Å². The highest BCUT2D eigenvalue weighted by molar-refractivity contribution is 7.89. The third-order valence-corrected chi connectivity index (χ3v) is 9.70. The largest absolute Gasteiger partial charge is 0.339 e. The van der Waals surface area contributed by atoms with E-state index >= 15 is 0 Å². The molecule has 5 nitrogen and oxygen atoms in total. The van der Waals surface area contributed by atoms with Gasteiger partial charge >= 0.3 is 0 Å². The molecule has 1 aromatic rings. The first-order valence-electron chi connectivity index (χ1n) is 10.6. The van der Waals surface area contributed by atoms with Gasteiger partial charge in [-0.15, -0.1) is 0 Å². The fourth-order valence-corrected chi connectivity index (χ4v) is 7.90. The van der Waals surface area contributed by atoms with E-state index in [-0.39, 0.29) is 26.8 Å². The first kappa shape index (κ1) is 21.4. The minimum absolute atomic E-state index is 0.0332. The molecule has 2 unspecified atom stereocenters. The summed E-state index contributed by atoms with van der Waals surface area (Å²) in [5, 5.41) is 0.264. The van der Waals surface area contributed by atoms with Crippen molar-refractivity contribution in [2.24, 2.45) is 11.8 Å². The topological polar surface area (TPSA) is 57.7 Å². The van der Waals surface area contributed by atoms with Crippen molar-refractivity contribution in [2.45, 2.75) is 62.3 Å². The molecule has 1 saturated carbocycles. The van der Waals surface area contributed by atoms with Crippen LogP contribution in [0.25, 0.3) is 0 Å². The monoisotopic (exact) mass is 458 g/mol. The molecule has 1 aliphatic carbocycles. The molecule has 1 amide bonds. The number of likely N-dealkylation sites (tertiary alicyclic amines) is 1. The first-order valence-corrected chi connectivity index (χ1v) is 12.8. The number of nitrogens with zero attached hydrogens (tertiary/aromatic N) is 2. The van der Waals surface area contributed by atoms with Crippen LogP contribution in [-0.4, -0.2) is 49.2 Å². The van der Waals surface area contributed by atoms with Crippen LogP contribution in [-0.2, 0) is 14.8 Å².